The summed E-state index contributed by atoms with van der Waals surface area (Å²) in [6.07, 6.45) is 0. The van der Waals surface area contributed by atoms with E-state index in [2.05, 4.69) is 15.0 Å². The van der Waals surface area contributed by atoms with E-state index in [-0.39, 0.29) is 23.2 Å². The van der Waals surface area contributed by atoms with Crippen LogP contribution in [0.5, 0.6) is 0 Å². The molecule has 2 rings (SSSR count). The summed E-state index contributed by atoms with van der Waals surface area (Å²) in [5.41, 5.74) is 13.1. The Morgan fingerprint density at radius 1 is 1.26 bits per heavy atom. The molecule has 122 valence electrons. The molecular weight excluding hydrogens is 318 g/mol. The van der Waals surface area contributed by atoms with Gasteiger partial charge in [-0.3, -0.25) is 4.79 Å². The number of esters is 1. The van der Waals surface area contributed by atoms with Crippen LogP contribution in [0, 0.1) is 13.8 Å². The number of anilines is 2. The molecule has 0 unspecified atom stereocenters. The zero-order valence-corrected chi connectivity index (χ0v) is 13.8. The van der Waals surface area contributed by atoms with E-state index < -0.39 is 5.97 Å². The summed E-state index contributed by atoms with van der Waals surface area (Å²) in [6, 6.07) is 1.44. The molecule has 8 nitrogen and oxygen atoms in total. The van der Waals surface area contributed by atoms with Gasteiger partial charge in [0.25, 0.3) is 0 Å². The number of aromatic nitrogens is 3. The molecule has 0 atom stereocenters. The second-order valence-corrected chi connectivity index (χ2v) is 5.77. The number of Topliss-reactive ketones (excluding diaryl/α,β-unsaturated/α-hetero) is 1. The van der Waals surface area contributed by atoms with Crippen molar-refractivity contribution in [2.75, 3.05) is 24.3 Å². The van der Waals surface area contributed by atoms with Gasteiger partial charge in [-0.1, -0.05) is 11.8 Å². The Hall–Kier alpha value is -2.55. The number of carbonyl (C=O) groups excluding carboxylic acids is 2. The first-order chi connectivity index (χ1) is 10.8. The first-order valence-corrected chi connectivity index (χ1v) is 7.65. The maximum atomic E-state index is 12.4. The summed E-state index contributed by atoms with van der Waals surface area (Å²) in [7, 11) is 1.30. The third-order valence-corrected chi connectivity index (χ3v) is 4.03. The van der Waals surface area contributed by atoms with Crippen molar-refractivity contribution in [3.63, 3.8) is 0 Å². The summed E-state index contributed by atoms with van der Waals surface area (Å²) in [5, 5.41) is 0.324. The Morgan fingerprint density at radius 2 is 1.87 bits per heavy atom. The predicted molar refractivity (Wildman–Crippen MR) is 87.5 cm³/mol. The minimum absolute atomic E-state index is 0.0876. The number of nitrogens with two attached hydrogens (primary N) is 2. The van der Waals surface area contributed by atoms with Gasteiger partial charge in [-0.25, -0.2) is 14.8 Å². The Bertz CT molecular complexity index is 752. The van der Waals surface area contributed by atoms with Crippen molar-refractivity contribution in [2.24, 2.45) is 0 Å². The van der Waals surface area contributed by atoms with E-state index in [0.717, 1.165) is 11.8 Å². The maximum absolute atomic E-state index is 12.4. The monoisotopic (exact) mass is 335 g/mol. The van der Waals surface area contributed by atoms with E-state index in [9.17, 15) is 9.59 Å². The number of aromatic amines is 1. The van der Waals surface area contributed by atoms with Crippen LogP contribution in [0.4, 0.5) is 11.6 Å². The fraction of sp³-hybridized carbons (Fsp3) is 0.286. The van der Waals surface area contributed by atoms with Gasteiger partial charge in [0.2, 0.25) is 0 Å². The lowest BCUT2D eigenvalue weighted by atomic mass is 10.1. The van der Waals surface area contributed by atoms with Crippen LogP contribution in [0.25, 0.3) is 0 Å². The van der Waals surface area contributed by atoms with E-state index in [1.165, 1.54) is 13.2 Å². The number of hydrogen-bond acceptors (Lipinski definition) is 8. The minimum atomic E-state index is -0.477. The van der Waals surface area contributed by atoms with Crippen molar-refractivity contribution in [3.8, 4) is 0 Å². The second kappa shape index (κ2) is 6.69. The van der Waals surface area contributed by atoms with Gasteiger partial charge in [0, 0.05) is 11.8 Å². The van der Waals surface area contributed by atoms with Gasteiger partial charge in [-0.2, -0.15) is 0 Å². The largest absolute Gasteiger partial charge is 0.465 e. The second-order valence-electron chi connectivity index (χ2n) is 4.83. The number of H-pyrrole nitrogens is 1. The molecule has 9 heteroatoms. The average molecular weight is 335 g/mol. The highest BCUT2D eigenvalue weighted by Crippen LogP contribution is 2.22. The van der Waals surface area contributed by atoms with Crippen LogP contribution in [0.1, 0.15) is 32.1 Å². The molecule has 0 spiro atoms. The number of ether oxygens (including phenoxy) is 1. The highest BCUT2D eigenvalue weighted by atomic mass is 32.2. The van der Waals surface area contributed by atoms with Crippen molar-refractivity contribution >= 4 is 35.2 Å². The number of carbonyl (C=O) groups is 2. The maximum Gasteiger partial charge on any atom is 0.339 e. The fourth-order valence-corrected chi connectivity index (χ4v) is 2.91. The topological polar surface area (TPSA) is 137 Å². The molecule has 0 aliphatic carbocycles. The summed E-state index contributed by atoms with van der Waals surface area (Å²) >= 11 is 1.12. The summed E-state index contributed by atoms with van der Waals surface area (Å²) in [6.45, 7) is 3.41. The Morgan fingerprint density at radius 3 is 2.43 bits per heavy atom. The molecule has 2 aromatic heterocycles. The molecule has 23 heavy (non-hydrogen) atoms. The molecule has 0 aliphatic rings. The first-order valence-electron chi connectivity index (χ1n) is 6.67. The van der Waals surface area contributed by atoms with E-state index in [1.54, 1.807) is 13.8 Å². The third-order valence-electron chi connectivity index (χ3n) is 3.18. The Balaban J connectivity index is 2.17. The number of thioether (sulfide) groups is 1. The standard InChI is InChI=1S/C14H17N5O3S/c1-6-11(13(21)22-3)7(2)17-12(6)8(20)5-23-14-18-9(15)4-10(16)19-14/h4,17H,5H2,1-3H3,(H4,15,16,18,19). The molecule has 2 aromatic rings. The number of methoxy groups -OCH3 is 1. The number of ketones is 1. The fourth-order valence-electron chi connectivity index (χ4n) is 2.17. The summed E-state index contributed by atoms with van der Waals surface area (Å²) in [4.78, 5) is 35.0. The van der Waals surface area contributed by atoms with Crippen molar-refractivity contribution in [3.05, 3.63) is 28.6 Å². The number of nitrogen functional groups attached to an aromatic ring is 2. The van der Waals surface area contributed by atoms with Crippen LogP contribution >= 0.6 is 11.8 Å². The zero-order valence-electron chi connectivity index (χ0n) is 13.0. The average Bonchev–Trinajstić information content (AvgIpc) is 2.78. The van der Waals surface area contributed by atoms with Crippen molar-refractivity contribution in [1.29, 1.82) is 0 Å². The minimum Gasteiger partial charge on any atom is -0.465 e. The van der Waals surface area contributed by atoms with Gasteiger partial charge in [-0.05, 0) is 19.4 Å². The number of hydrogen-bond donors (Lipinski definition) is 3. The molecule has 0 radical (unpaired) electrons. The number of nitrogens with one attached hydrogen (secondary N) is 1. The van der Waals surface area contributed by atoms with Gasteiger partial charge in [-0.15, -0.1) is 0 Å². The SMILES string of the molecule is COC(=O)c1c(C)[nH]c(C(=O)CSc2nc(N)cc(N)n2)c1C. The molecule has 0 aliphatic heterocycles. The third kappa shape index (κ3) is 3.62. The number of rotatable bonds is 5. The zero-order chi connectivity index (χ0) is 17.1. The van der Waals surface area contributed by atoms with Crippen molar-refractivity contribution in [1.82, 2.24) is 15.0 Å². The van der Waals surface area contributed by atoms with Crippen LogP contribution in [0.15, 0.2) is 11.2 Å². The van der Waals surface area contributed by atoms with Gasteiger partial charge in [0.1, 0.15) is 11.6 Å². The smallest absolute Gasteiger partial charge is 0.339 e. The lowest BCUT2D eigenvalue weighted by molar-refractivity contribution is 0.0599. The number of nitrogens with zero attached hydrogens (tertiary/aromatic N) is 2. The van der Waals surface area contributed by atoms with Gasteiger partial charge >= 0.3 is 5.97 Å². The molecular formula is C14H17N5O3S. The van der Waals surface area contributed by atoms with E-state index >= 15 is 0 Å². The predicted octanol–water partition coefficient (Wildman–Crippen LogP) is 1.35. The molecule has 0 saturated heterocycles. The number of aryl methyl sites for hydroxylation is 1. The van der Waals surface area contributed by atoms with Crippen LogP contribution < -0.4 is 11.5 Å². The Labute approximate surface area is 137 Å². The van der Waals surface area contributed by atoms with Crippen LogP contribution in [0.3, 0.4) is 0 Å². The first kappa shape index (κ1) is 16.8. The lowest BCUT2D eigenvalue weighted by Gasteiger charge is -2.03. The molecule has 0 aromatic carbocycles. The van der Waals surface area contributed by atoms with Gasteiger partial charge in [0.15, 0.2) is 10.9 Å². The van der Waals surface area contributed by atoms with E-state index in [1.807, 2.05) is 0 Å². The normalized spacial score (nSPS) is 10.6. The highest BCUT2D eigenvalue weighted by Gasteiger charge is 2.22. The van der Waals surface area contributed by atoms with Crippen LogP contribution in [-0.2, 0) is 4.74 Å². The van der Waals surface area contributed by atoms with E-state index in [4.69, 9.17) is 16.2 Å². The van der Waals surface area contributed by atoms with Crippen molar-refractivity contribution < 1.29 is 14.3 Å². The van der Waals surface area contributed by atoms with Gasteiger partial charge < -0.3 is 21.2 Å². The highest BCUT2D eigenvalue weighted by molar-refractivity contribution is 7.99. The van der Waals surface area contributed by atoms with Gasteiger partial charge in [0.05, 0.1) is 24.1 Å². The lowest BCUT2D eigenvalue weighted by Crippen LogP contribution is -2.08. The van der Waals surface area contributed by atoms with Crippen LogP contribution in [0.2, 0.25) is 0 Å². The molecule has 2 heterocycles. The molecule has 0 fully saturated rings. The summed E-state index contributed by atoms with van der Waals surface area (Å²) < 4.78 is 4.72. The molecule has 0 saturated carbocycles. The quantitative estimate of drug-likeness (QED) is 0.322. The molecule has 5 N–H and O–H groups in total. The molecule has 0 bridgehead atoms. The molecule has 0 amide bonds. The van der Waals surface area contributed by atoms with E-state index in [0.29, 0.717) is 27.7 Å². The van der Waals surface area contributed by atoms with Crippen LogP contribution in [-0.4, -0.2) is 39.6 Å². The van der Waals surface area contributed by atoms with Crippen molar-refractivity contribution in [2.45, 2.75) is 19.0 Å². The summed E-state index contributed by atoms with van der Waals surface area (Å²) in [5.74, 6) is -0.0884. The Kier molecular flexibility index (Phi) is 4.89.